The maximum Gasteiger partial charge on any atom is 0.334 e. The van der Waals surface area contributed by atoms with Crippen molar-refractivity contribution in [2.24, 2.45) is 7.05 Å². The van der Waals surface area contributed by atoms with Crippen molar-refractivity contribution < 1.29 is 0 Å². The number of aryl methyl sites for hydroxylation is 2. The third-order valence-corrected chi connectivity index (χ3v) is 5.78. The van der Waals surface area contributed by atoms with E-state index in [1.165, 1.54) is 0 Å². The quantitative estimate of drug-likeness (QED) is 0.419. The molecule has 0 bridgehead atoms. The summed E-state index contributed by atoms with van der Waals surface area (Å²) in [5, 5.41) is 14.4. The van der Waals surface area contributed by atoms with Gasteiger partial charge in [0, 0.05) is 43.1 Å². The Hall–Kier alpha value is -4.27. The second kappa shape index (κ2) is 8.70. The molecular weight excluding hydrogens is 416 g/mol. The Morgan fingerprint density at radius 2 is 1.88 bits per heavy atom. The molecule has 0 saturated carbocycles. The van der Waals surface area contributed by atoms with Crippen LogP contribution in [0.2, 0.25) is 0 Å². The van der Waals surface area contributed by atoms with Gasteiger partial charge in [0.25, 0.3) is 0 Å². The van der Waals surface area contributed by atoms with Gasteiger partial charge in [0.15, 0.2) is 5.82 Å². The molecule has 0 amide bonds. The molecule has 4 heterocycles. The number of pyridine rings is 1. The Bertz CT molecular complexity index is 1440. The molecule has 5 rings (SSSR count). The van der Waals surface area contributed by atoms with Crippen LogP contribution < -0.4 is 5.69 Å². The van der Waals surface area contributed by atoms with Gasteiger partial charge in [-0.25, -0.2) is 9.89 Å². The molecule has 9 heteroatoms. The number of hydrogen-bond donors (Lipinski definition) is 1. The van der Waals surface area contributed by atoms with Crippen molar-refractivity contribution in [3.05, 3.63) is 89.0 Å². The maximum atomic E-state index is 13.5. The van der Waals surface area contributed by atoms with Crippen LogP contribution in [0.15, 0.2) is 72.0 Å². The number of hydrogen-bond acceptors (Lipinski definition) is 5. The zero-order chi connectivity index (χ0) is 22.8. The molecule has 0 aliphatic carbocycles. The molecule has 9 nitrogen and oxygen atoms in total. The Kier molecular flexibility index (Phi) is 5.43. The summed E-state index contributed by atoms with van der Waals surface area (Å²) < 4.78 is 5.50. The molecule has 166 valence electrons. The summed E-state index contributed by atoms with van der Waals surface area (Å²) >= 11 is 0. The first kappa shape index (κ1) is 20.6. The van der Waals surface area contributed by atoms with Gasteiger partial charge < -0.3 is 4.57 Å². The van der Waals surface area contributed by atoms with Crippen LogP contribution in [-0.2, 0) is 20.0 Å². The summed E-state index contributed by atoms with van der Waals surface area (Å²) in [5.74, 6) is 1.43. The van der Waals surface area contributed by atoms with Gasteiger partial charge in [-0.05, 0) is 51.7 Å². The molecule has 0 atom stereocenters. The Balaban J connectivity index is 1.62. The Morgan fingerprint density at radius 3 is 2.61 bits per heavy atom. The van der Waals surface area contributed by atoms with Gasteiger partial charge in [-0.1, -0.05) is 37.6 Å². The highest BCUT2D eigenvalue weighted by molar-refractivity contribution is 5.81. The summed E-state index contributed by atoms with van der Waals surface area (Å²) in [6.45, 7) is 2.53. The number of nitrogens with zero attached hydrogens (tertiary/aromatic N) is 7. The number of aromatic nitrogens is 8. The van der Waals surface area contributed by atoms with Crippen LogP contribution in [-0.4, -0.2) is 39.3 Å². The van der Waals surface area contributed by atoms with Gasteiger partial charge in [-0.15, -0.1) is 5.10 Å². The second-order valence-electron chi connectivity index (χ2n) is 7.91. The predicted molar refractivity (Wildman–Crippen MR) is 125 cm³/mol. The van der Waals surface area contributed by atoms with Crippen molar-refractivity contribution in [3.63, 3.8) is 0 Å². The first-order valence-electron chi connectivity index (χ1n) is 10.9. The second-order valence-corrected chi connectivity index (χ2v) is 7.91. The van der Waals surface area contributed by atoms with Crippen LogP contribution in [0.1, 0.15) is 24.6 Å². The molecule has 0 fully saturated rings. The van der Waals surface area contributed by atoms with Gasteiger partial charge in [-0.3, -0.25) is 14.1 Å². The number of aromatic amines is 1. The molecule has 0 spiro atoms. The van der Waals surface area contributed by atoms with Crippen molar-refractivity contribution in [3.8, 4) is 28.3 Å². The summed E-state index contributed by atoms with van der Waals surface area (Å²) in [6, 6.07) is 13.8. The number of H-pyrrole nitrogens is 1. The van der Waals surface area contributed by atoms with E-state index < -0.39 is 0 Å². The summed E-state index contributed by atoms with van der Waals surface area (Å²) in [7, 11) is 1.94. The molecule has 0 aliphatic rings. The molecule has 33 heavy (non-hydrogen) atoms. The summed E-state index contributed by atoms with van der Waals surface area (Å²) in [6.07, 6.45) is 9.23. The molecule has 0 saturated heterocycles. The fraction of sp³-hybridized carbons (Fsp3) is 0.208. The lowest BCUT2D eigenvalue weighted by Gasteiger charge is -2.13. The van der Waals surface area contributed by atoms with E-state index in [1.54, 1.807) is 10.8 Å². The van der Waals surface area contributed by atoms with Crippen LogP contribution in [0.25, 0.3) is 28.3 Å². The fourth-order valence-corrected chi connectivity index (χ4v) is 4.20. The van der Waals surface area contributed by atoms with Gasteiger partial charge in [0.2, 0.25) is 0 Å². The van der Waals surface area contributed by atoms with Gasteiger partial charge in [0.05, 0.1) is 6.54 Å². The lowest BCUT2D eigenvalue weighted by molar-refractivity contribution is 0.685. The van der Waals surface area contributed by atoms with Crippen LogP contribution >= 0.6 is 0 Å². The number of rotatable bonds is 7. The molecule has 0 unspecified atom stereocenters. The molecule has 5 aromatic rings. The molecular formula is C24H24N8O. The van der Waals surface area contributed by atoms with Crippen molar-refractivity contribution in [1.82, 2.24) is 39.3 Å². The Morgan fingerprint density at radius 1 is 1.03 bits per heavy atom. The smallest absolute Gasteiger partial charge is 0.334 e. The average Bonchev–Trinajstić information content (AvgIpc) is 3.58. The zero-order valence-electron chi connectivity index (χ0n) is 18.5. The van der Waals surface area contributed by atoms with Crippen LogP contribution in [0, 0.1) is 0 Å². The minimum absolute atomic E-state index is 0.0669. The van der Waals surface area contributed by atoms with Gasteiger partial charge in [0.1, 0.15) is 5.82 Å². The summed E-state index contributed by atoms with van der Waals surface area (Å²) in [4.78, 5) is 17.8. The Labute approximate surface area is 190 Å². The van der Waals surface area contributed by atoms with Crippen LogP contribution in [0.5, 0.6) is 0 Å². The molecule has 0 radical (unpaired) electrons. The highest BCUT2D eigenvalue weighted by Gasteiger charge is 2.18. The summed E-state index contributed by atoms with van der Waals surface area (Å²) in [5.41, 5.74) is 4.71. The molecule has 1 aromatic carbocycles. The topological polar surface area (TPSA) is 99.2 Å². The van der Waals surface area contributed by atoms with Gasteiger partial charge >= 0.3 is 5.69 Å². The van der Waals surface area contributed by atoms with E-state index >= 15 is 0 Å². The van der Waals surface area contributed by atoms with E-state index in [-0.39, 0.29) is 5.69 Å². The van der Waals surface area contributed by atoms with E-state index in [0.29, 0.717) is 12.4 Å². The largest absolute Gasteiger partial charge is 0.337 e. The standard InChI is InChI=1S/C24H24N8O/c1-3-7-18-16-32(22-10-6-13-30(22)2)24(33)31(18)15-17-14-25-12-11-19(17)20-8-4-5-9-21(20)23-26-28-29-27-23/h4-6,8-14,16H,3,7,15H2,1-2H3,(H,26,27,28,29). The maximum absolute atomic E-state index is 13.5. The van der Waals surface area contributed by atoms with Crippen LogP contribution in [0.4, 0.5) is 0 Å². The van der Waals surface area contributed by atoms with Crippen molar-refractivity contribution >= 4 is 0 Å². The fourth-order valence-electron chi connectivity index (χ4n) is 4.20. The van der Waals surface area contributed by atoms with E-state index in [0.717, 1.165) is 46.6 Å². The third kappa shape index (κ3) is 3.78. The minimum Gasteiger partial charge on any atom is -0.337 e. The normalized spacial score (nSPS) is 11.2. The molecule has 1 N–H and O–H groups in total. The average molecular weight is 441 g/mol. The van der Waals surface area contributed by atoms with E-state index in [4.69, 9.17) is 0 Å². The first-order chi connectivity index (χ1) is 16.2. The molecule has 4 aromatic heterocycles. The zero-order valence-corrected chi connectivity index (χ0v) is 18.5. The third-order valence-electron chi connectivity index (χ3n) is 5.78. The highest BCUT2D eigenvalue weighted by atomic mass is 16.1. The monoisotopic (exact) mass is 440 g/mol. The number of tetrazole rings is 1. The highest BCUT2D eigenvalue weighted by Crippen LogP contribution is 2.32. The van der Waals surface area contributed by atoms with E-state index in [2.05, 4.69) is 32.5 Å². The van der Waals surface area contributed by atoms with Crippen molar-refractivity contribution in [2.75, 3.05) is 0 Å². The minimum atomic E-state index is -0.0669. The SMILES string of the molecule is CCCc1cn(-c2cccn2C)c(=O)n1Cc1cnccc1-c1ccccc1-c1nnn[nH]1. The van der Waals surface area contributed by atoms with Crippen molar-refractivity contribution in [1.29, 1.82) is 0 Å². The lowest BCUT2D eigenvalue weighted by atomic mass is 9.96. The number of benzene rings is 1. The van der Waals surface area contributed by atoms with E-state index in [9.17, 15) is 4.79 Å². The lowest BCUT2D eigenvalue weighted by Crippen LogP contribution is -2.26. The predicted octanol–water partition coefficient (Wildman–Crippen LogP) is 3.22. The molecule has 0 aliphatic heterocycles. The number of imidazole rings is 1. The number of nitrogens with one attached hydrogen (secondary N) is 1. The van der Waals surface area contributed by atoms with Crippen molar-refractivity contribution in [2.45, 2.75) is 26.3 Å². The van der Waals surface area contributed by atoms with Gasteiger partial charge in [-0.2, -0.15) is 0 Å². The van der Waals surface area contributed by atoms with Crippen LogP contribution in [0.3, 0.4) is 0 Å². The van der Waals surface area contributed by atoms with E-state index in [1.807, 2.05) is 77.2 Å². The first-order valence-corrected chi connectivity index (χ1v) is 10.9.